The molecule has 154 valence electrons. The van der Waals surface area contributed by atoms with E-state index in [0.717, 1.165) is 6.07 Å². The SMILES string of the molecule is CSc1sc(NC(=O)Nc2ccccc2C(F)(F)F)c(-c2ccc(Cl)cc2)c1C#N. The summed E-state index contributed by atoms with van der Waals surface area (Å²) in [5.41, 5.74) is 0.201. The van der Waals surface area contributed by atoms with Crippen molar-refractivity contribution in [2.45, 2.75) is 10.4 Å². The van der Waals surface area contributed by atoms with Crippen molar-refractivity contribution in [1.82, 2.24) is 0 Å². The van der Waals surface area contributed by atoms with Crippen LogP contribution in [0.1, 0.15) is 11.1 Å². The number of carbonyl (C=O) groups excluding carboxylic acids is 1. The monoisotopic (exact) mass is 467 g/mol. The normalized spacial score (nSPS) is 11.1. The predicted octanol–water partition coefficient (Wildman–Crippen LogP) is 7.32. The number of halogens is 4. The molecule has 0 aliphatic carbocycles. The molecule has 0 atom stereocenters. The highest BCUT2D eigenvalue weighted by Gasteiger charge is 2.33. The lowest BCUT2D eigenvalue weighted by molar-refractivity contribution is -0.136. The van der Waals surface area contributed by atoms with Crippen molar-refractivity contribution in [2.24, 2.45) is 0 Å². The number of carbonyl (C=O) groups is 1. The zero-order valence-electron chi connectivity index (χ0n) is 15.3. The second kappa shape index (κ2) is 9.00. The van der Waals surface area contributed by atoms with E-state index < -0.39 is 17.8 Å². The van der Waals surface area contributed by atoms with E-state index in [1.807, 2.05) is 0 Å². The van der Waals surface area contributed by atoms with Gasteiger partial charge in [0.2, 0.25) is 0 Å². The molecule has 0 aliphatic heterocycles. The van der Waals surface area contributed by atoms with Crippen LogP contribution in [0.25, 0.3) is 11.1 Å². The van der Waals surface area contributed by atoms with Crippen molar-refractivity contribution in [3.63, 3.8) is 0 Å². The molecule has 4 nitrogen and oxygen atoms in total. The molecule has 2 N–H and O–H groups in total. The van der Waals surface area contributed by atoms with Gasteiger partial charge in [-0.3, -0.25) is 5.32 Å². The fraction of sp³-hybridized carbons (Fsp3) is 0.100. The number of alkyl halides is 3. The van der Waals surface area contributed by atoms with Gasteiger partial charge in [-0.15, -0.1) is 23.1 Å². The van der Waals surface area contributed by atoms with Crippen molar-refractivity contribution in [1.29, 1.82) is 5.26 Å². The third-order valence-electron chi connectivity index (χ3n) is 4.01. The lowest BCUT2D eigenvalue weighted by Crippen LogP contribution is -2.21. The summed E-state index contributed by atoms with van der Waals surface area (Å²) in [5, 5.41) is 15.3. The Morgan fingerprint density at radius 2 is 1.80 bits per heavy atom. The third-order valence-corrected chi connectivity index (χ3v) is 6.49. The zero-order valence-corrected chi connectivity index (χ0v) is 17.7. The molecule has 0 unspecified atom stereocenters. The Balaban J connectivity index is 1.96. The Kier molecular flexibility index (Phi) is 6.61. The summed E-state index contributed by atoms with van der Waals surface area (Å²) < 4.78 is 40.2. The summed E-state index contributed by atoms with van der Waals surface area (Å²) in [4.78, 5) is 12.5. The molecule has 3 rings (SSSR count). The lowest BCUT2D eigenvalue weighted by atomic mass is 10.0. The van der Waals surface area contributed by atoms with Gasteiger partial charge in [0.1, 0.15) is 11.1 Å². The first kappa shape index (κ1) is 22.0. The Morgan fingerprint density at radius 1 is 1.13 bits per heavy atom. The van der Waals surface area contributed by atoms with E-state index in [1.165, 1.54) is 41.3 Å². The fourth-order valence-corrected chi connectivity index (χ4v) is 4.69. The average molecular weight is 468 g/mol. The van der Waals surface area contributed by atoms with E-state index >= 15 is 0 Å². The van der Waals surface area contributed by atoms with Crippen molar-refractivity contribution >= 4 is 51.4 Å². The van der Waals surface area contributed by atoms with Gasteiger partial charge >= 0.3 is 12.2 Å². The number of benzene rings is 2. The number of nitrogens with zero attached hydrogens (tertiary/aromatic N) is 1. The second-order valence-corrected chi connectivity index (χ2v) is 8.45. The molecule has 0 saturated heterocycles. The number of thiophene rings is 1. The highest BCUT2D eigenvalue weighted by Crippen LogP contribution is 2.44. The highest BCUT2D eigenvalue weighted by molar-refractivity contribution is 8.00. The molecule has 3 aromatic rings. The minimum Gasteiger partial charge on any atom is -0.307 e. The van der Waals surface area contributed by atoms with E-state index in [9.17, 15) is 23.2 Å². The first-order valence-electron chi connectivity index (χ1n) is 8.35. The van der Waals surface area contributed by atoms with E-state index in [0.29, 0.717) is 30.9 Å². The lowest BCUT2D eigenvalue weighted by Gasteiger charge is -2.14. The molecule has 30 heavy (non-hydrogen) atoms. The maximum atomic E-state index is 13.2. The van der Waals surface area contributed by atoms with Crippen LogP contribution >= 0.6 is 34.7 Å². The van der Waals surface area contributed by atoms with Gasteiger partial charge < -0.3 is 5.32 Å². The maximum absolute atomic E-state index is 13.2. The van der Waals surface area contributed by atoms with Crippen molar-refractivity contribution in [3.05, 3.63) is 64.7 Å². The summed E-state index contributed by atoms with van der Waals surface area (Å²) in [5.74, 6) is 0. The largest absolute Gasteiger partial charge is 0.418 e. The van der Waals surface area contributed by atoms with Crippen LogP contribution in [0.2, 0.25) is 5.02 Å². The number of nitrogens with one attached hydrogen (secondary N) is 2. The first-order chi connectivity index (χ1) is 14.2. The number of hydrogen-bond acceptors (Lipinski definition) is 4. The molecule has 0 radical (unpaired) electrons. The van der Waals surface area contributed by atoms with Crippen molar-refractivity contribution < 1.29 is 18.0 Å². The molecule has 0 saturated carbocycles. The second-order valence-electron chi connectivity index (χ2n) is 5.91. The molecule has 0 aliphatic rings. The first-order valence-corrected chi connectivity index (χ1v) is 10.8. The van der Waals surface area contributed by atoms with Gasteiger partial charge in [0, 0.05) is 10.6 Å². The van der Waals surface area contributed by atoms with Gasteiger partial charge in [0.05, 0.1) is 21.0 Å². The van der Waals surface area contributed by atoms with Gasteiger partial charge in [-0.25, -0.2) is 4.79 Å². The Labute approximate surface area is 183 Å². The molecule has 0 fully saturated rings. The molecule has 0 bridgehead atoms. The maximum Gasteiger partial charge on any atom is 0.418 e. The van der Waals surface area contributed by atoms with Crippen LogP contribution in [0, 0.1) is 11.3 Å². The number of amides is 2. The molecular weight excluding hydrogens is 455 g/mol. The van der Waals surface area contributed by atoms with Crippen LogP contribution < -0.4 is 10.6 Å². The summed E-state index contributed by atoms with van der Waals surface area (Å²) in [6, 6.07) is 12.7. The van der Waals surface area contributed by atoms with Crippen LogP contribution in [-0.4, -0.2) is 12.3 Å². The smallest absolute Gasteiger partial charge is 0.307 e. The van der Waals surface area contributed by atoms with Crippen molar-refractivity contribution in [2.75, 3.05) is 16.9 Å². The predicted molar refractivity (Wildman–Crippen MR) is 115 cm³/mol. The fourth-order valence-electron chi connectivity index (χ4n) is 2.73. The molecular formula is C20H13ClF3N3OS2. The van der Waals surface area contributed by atoms with Gasteiger partial charge in [0.25, 0.3) is 0 Å². The minimum absolute atomic E-state index is 0.347. The van der Waals surface area contributed by atoms with Crippen LogP contribution in [0.15, 0.2) is 52.7 Å². The average Bonchev–Trinajstić information content (AvgIpc) is 3.05. The van der Waals surface area contributed by atoms with Gasteiger partial charge in [-0.1, -0.05) is 35.9 Å². The van der Waals surface area contributed by atoms with E-state index in [2.05, 4.69) is 16.7 Å². The summed E-state index contributed by atoms with van der Waals surface area (Å²) in [6.45, 7) is 0. The Morgan fingerprint density at radius 3 is 2.40 bits per heavy atom. The van der Waals surface area contributed by atoms with E-state index in [-0.39, 0.29) is 5.69 Å². The molecule has 1 aromatic heterocycles. The number of hydrogen-bond donors (Lipinski definition) is 2. The Bertz CT molecular complexity index is 1120. The molecule has 2 aromatic carbocycles. The number of rotatable bonds is 4. The number of thioether (sulfide) groups is 1. The van der Waals surface area contributed by atoms with Gasteiger partial charge in [0.15, 0.2) is 0 Å². The highest BCUT2D eigenvalue weighted by atomic mass is 35.5. The molecule has 1 heterocycles. The van der Waals surface area contributed by atoms with Crippen LogP contribution in [-0.2, 0) is 6.18 Å². The standard InChI is InChI=1S/C20H13ClF3N3OS2/c1-29-18-13(10-25)16(11-6-8-12(21)9-7-11)17(30-18)27-19(28)26-15-5-3-2-4-14(15)20(22,23)24/h2-9H,1H3,(H2,26,27,28). The van der Waals surface area contributed by atoms with E-state index in [4.69, 9.17) is 11.6 Å². The molecule has 2 amide bonds. The topological polar surface area (TPSA) is 64.9 Å². The van der Waals surface area contributed by atoms with Crippen LogP contribution in [0.5, 0.6) is 0 Å². The summed E-state index contributed by atoms with van der Waals surface area (Å²) in [7, 11) is 0. The van der Waals surface area contributed by atoms with Gasteiger partial charge in [-0.05, 0) is 36.1 Å². The summed E-state index contributed by atoms with van der Waals surface area (Å²) >= 11 is 8.44. The van der Waals surface area contributed by atoms with Crippen LogP contribution in [0.4, 0.5) is 28.7 Å². The van der Waals surface area contributed by atoms with Gasteiger partial charge in [-0.2, -0.15) is 18.4 Å². The quantitative estimate of drug-likeness (QED) is 0.395. The van der Waals surface area contributed by atoms with Crippen molar-refractivity contribution in [3.8, 4) is 17.2 Å². The third kappa shape index (κ3) is 4.73. The number of para-hydroxylation sites is 1. The Hall–Kier alpha value is -2.67. The zero-order chi connectivity index (χ0) is 21.9. The molecule has 10 heteroatoms. The van der Waals surface area contributed by atoms with E-state index in [1.54, 1.807) is 30.5 Å². The number of urea groups is 1. The number of nitriles is 1. The molecule has 0 spiro atoms. The van der Waals surface area contributed by atoms with Crippen LogP contribution in [0.3, 0.4) is 0 Å². The number of anilines is 2. The summed E-state index contributed by atoms with van der Waals surface area (Å²) in [6.07, 6.45) is -2.82. The minimum atomic E-state index is -4.61.